The van der Waals surface area contributed by atoms with Crippen molar-refractivity contribution in [1.82, 2.24) is 9.97 Å². The van der Waals surface area contributed by atoms with Crippen LogP contribution in [0.25, 0.3) is 10.2 Å². The average Bonchev–Trinajstić information content (AvgIpc) is 2.95. The summed E-state index contributed by atoms with van der Waals surface area (Å²) in [6.07, 6.45) is 0. The summed E-state index contributed by atoms with van der Waals surface area (Å²) < 4.78 is 0. The lowest BCUT2D eigenvalue weighted by atomic mass is 9.96. The molecule has 2 amide bonds. The summed E-state index contributed by atoms with van der Waals surface area (Å²) in [6.45, 7) is 11.4. The summed E-state index contributed by atoms with van der Waals surface area (Å²) in [4.78, 5) is 39.3. The number of thiophene rings is 1. The fraction of sp³-hybridized carbons (Fsp3) is 0.364. The van der Waals surface area contributed by atoms with Crippen LogP contribution in [0.1, 0.15) is 37.0 Å². The molecule has 3 heterocycles. The second-order valence-electron chi connectivity index (χ2n) is 8.00. The van der Waals surface area contributed by atoms with Crippen molar-refractivity contribution in [2.75, 3.05) is 10.2 Å². The van der Waals surface area contributed by atoms with Crippen LogP contribution in [0.4, 0.5) is 11.4 Å². The van der Waals surface area contributed by atoms with Crippen molar-refractivity contribution in [3.8, 4) is 0 Å². The topological polar surface area (TPSA) is 75.2 Å². The van der Waals surface area contributed by atoms with Gasteiger partial charge in [-0.1, -0.05) is 23.9 Å². The number of hydrogen-bond donors (Lipinski definition) is 1. The maximum Gasteiger partial charge on any atom is 0.250 e. The maximum atomic E-state index is 13.6. The summed E-state index contributed by atoms with van der Waals surface area (Å²) in [6, 6.07) is 7.40. The van der Waals surface area contributed by atoms with Crippen molar-refractivity contribution in [1.29, 1.82) is 0 Å². The first-order chi connectivity index (χ1) is 14.1. The predicted octanol–water partition coefficient (Wildman–Crippen LogP) is 4.86. The van der Waals surface area contributed by atoms with Gasteiger partial charge in [0.05, 0.1) is 16.6 Å². The largest absolute Gasteiger partial charge is 0.322 e. The Morgan fingerprint density at radius 3 is 2.63 bits per heavy atom. The van der Waals surface area contributed by atoms with E-state index in [1.807, 2.05) is 38.1 Å². The first-order valence-electron chi connectivity index (χ1n) is 9.76. The molecule has 0 saturated carbocycles. The molecule has 1 aliphatic heterocycles. The highest BCUT2D eigenvalue weighted by molar-refractivity contribution is 8.00. The van der Waals surface area contributed by atoms with Crippen LogP contribution in [-0.4, -0.2) is 32.6 Å². The molecule has 0 bridgehead atoms. The lowest BCUT2D eigenvalue weighted by Gasteiger charge is -2.43. The molecule has 0 fully saturated rings. The zero-order valence-corrected chi connectivity index (χ0v) is 19.5. The van der Waals surface area contributed by atoms with Crippen molar-refractivity contribution in [3.63, 3.8) is 0 Å². The van der Waals surface area contributed by atoms with Gasteiger partial charge in [-0.2, -0.15) is 0 Å². The van der Waals surface area contributed by atoms with E-state index < -0.39 is 10.8 Å². The van der Waals surface area contributed by atoms with E-state index >= 15 is 0 Å². The smallest absolute Gasteiger partial charge is 0.250 e. The quantitative estimate of drug-likeness (QED) is 0.465. The highest BCUT2D eigenvalue weighted by atomic mass is 32.2. The van der Waals surface area contributed by atoms with Crippen LogP contribution in [0, 0.1) is 20.8 Å². The van der Waals surface area contributed by atoms with Gasteiger partial charge >= 0.3 is 0 Å². The Hall–Kier alpha value is -2.45. The fourth-order valence-corrected chi connectivity index (χ4v) is 5.88. The average molecular weight is 441 g/mol. The van der Waals surface area contributed by atoms with E-state index in [1.165, 1.54) is 16.6 Å². The highest BCUT2D eigenvalue weighted by Crippen LogP contribution is 2.40. The number of para-hydroxylation sites is 2. The SMILES string of the molecule is Cc1nc(SC(C)C(=O)N2c3ccccc3NC(=O)C2(C)C)c2c(C)c(C)sc2n1. The molecule has 3 aromatic rings. The third-order valence-corrected chi connectivity index (χ3v) is 7.65. The Kier molecular flexibility index (Phi) is 5.10. The Morgan fingerprint density at radius 1 is 1.20 bits per heavy atom. The summed E-state index contributed by atoms with van der Waals surface area (Å²) in [5.41, 5.74) is 1.52. The fourth-order valence-electron chi connectivity index (χ4n) is 3.65. The van der Waals surface area contributed by atoms with Crippen LogP contribution < -0.4 is 10.2 Å². The lowest BCUT2D eigenvalue weighted by Crippen LogP contribution is -2.60. The van der Waals surface area contributed by atoms with Gasteiger partial charge in [-0.15, -0.1) is 11.3 Å². The van der Waals surface area contributed by atoms with Crippen molar-refractivity contribution >= 4 is 56.5 Å². The van der Waals surface area contributed by atoms with E-state index in [0.29, 0.717) is 17.2 Å². The third kappa shape index (κ3) is 3.28. The molecule has 156 valence electrons. The van der Waals surface area contributed by atoms with E-state index in [1.54, 1.807) is 30.1 Å². The van der Waals surface area contributed by atoms with Crippen LogP contribution >= 0.6 is 23.1 Å². The van der Waals surface area contributed by atoms with Crippen molar-refractivity contribution in [2.24, 2.45) is 0 Å². The molecule has 0 saturated heterocycles. The van der Waals surface area contributed by atoms with Gasteiger partial charge in [0.15, 0.2) is 0 Å². The molecule has 0 spiro atoms. The molecule has 30 heavy (non-hydrogen) atoms. The van der Waals surface area contributed by atoms with E-state index in [2.05, 4.69) is 29.1 Å². The van der Waals surface area contributed by atoms with E-state index in [9.17, 15) is 9.59 Å². The zero-order chi connectivity index (χ0) is 21.8. The van der Waals surface area contributed by atoms with Crippen molar-refractivity contribution < 1.29 is 9.59 Å². The summed E-state index contributed by atoms with van der Waals surface area (Å²) in [7, 11) is 0. The first kappa shape index (κ1) is 20.8. The number of benzene rings is 1. The molecule has 1 aromatic carbocycles. The van der Waals surface area contributed by atoms with Gasteiger partial charge in [0.2, 0.25) is 11.8 Å². The molecule has 8 heteroatoms. The van der Waals surface area contributed by atoms with Gasteiger partial charge in [-0.25, -0.2) is 9.97 Å². The minimum absolute atomic E-state index is 0.124. The number of hydrogen-bond acceptors (Lipinski definition) is 6. The summed E-state index contributed by atoms with van der Waals surface area (Å²) in [5, 5.41) is 4.31. The van der Waals surface area contributed by atoms with E-state index in [4.69, 9.17) is 0 Å². The van der Waals surface area contributed by atoms with Gasteiger partial charge in [-0.3, -0.25) is 14.5 Å². The number of anilines is 2. The van der Waals surface area contributed by atoms with Gasteiger partial charge in [0.1, 0.15) is 21.2 Å². The molecule has 0 radical (unpaired) electrons. The minimum atomic E-state index is -0.994. The van der Waals surface area contributed by atoms with Crippen LogP contribution in [0.2, 0.25) is 0 Å². The number of aryl methyl sites for hydroxylation is 3. The number of fused-ring (bicyclic) bond motifs is 2. The molecule has 1 unspecified atom stereocenters. The van der Waals surface area contributed by atoms with Crippen LogP contribution in [0.15, 0.2) is 29.3 Å². The van der Waals surface area contributed by atoms with E-state index in [0.717, 1.165) is 20.8 Å². The molecular weight excluding hydrogens is 416 g/mol. The number of thioether (sulfide) groups is 1. The Labute approximate surface area is 184 Å². The van der Waals surface area contributed by atoms with Gasteiger partial charge < -0.3 is 5.32 Å². The monoisotopic (exact) mass is 440 g/mol. The molecule has 2 aromatic heterocycles. The number of carbonyl (C=O) groups excluding carboxylic acids is 2. The van der Waals surface area contributed by atoms with E-state index in [-0.39, 0.29) is 11.8 Å². The normalized spacial score (nSPS) is 16.3. The zero-order valence-electron chi connectivity index (χ0n) is 17.9. The van der Waals surface area contributed by atoms with Crippen LogP contribution in [-0.2, 0) is 9.59 Å². The van der Waals surface area contributed by atoms with Gasteiger partial charge in [0.25, 0.3) is 0 Å². The molecule has 4 rings (SSSR count). The number of nitrogens with one attached hydrogen (secondary N) is 1. The molecule has 1 atom stereocenters. The Bertz CT molecular complexity index is 1190. The van der Waals surface area contributed by atoms with Crippen molar-refractivity contribution in [3.05, 3.63) is 40.5 Å². The Balaban J connectivity index is 1.73. The van der Waals surface area contributed by atoms with Crippen LogP contribution in [0.3, 0.4) is 0 Å². The maximum absolute atomic E-state index is 13.6. The Morgan fingerprint density at radius 2 is 1.90 bits per heavy atom. The van der Waals surface area contributed by atoms with Gasteiger partial charge in [-0.05, 0) is 59.2 Å². The standard InChI is InChI=1S/C22H24N4O2S2/c1-11-12(2)29-18-17(11)19(24-14(4)23-18)30-13(3)20(27)26-16-10-8-7-9-15(16)25-21(28)22(26,5)6/h7-10,13H,1-6H3,(H,25,28). The van der Waals surface area contributed by atoms with Gasteiger partial charge in [0, 0.05) is 10.3 Å². The number of nitrogens with zero attached hydrogens (tertiary/aromatic N) is 3. The molecular formula is C22H24N4O2S2. The highest BCUT2D eigenvalue weighted by Gasteiger charge is 2.44. The second kappa shape index (κ2) is 7.35. The summed E-state index contributed by atoms with van der Waals surface area (Å²) >= 11 is 3.07. The predicted molar refractivity (Wildman–Crippen MR) is 124 cm³/mol. The number of rotatable bonds is 3. The number of amides is 2. The second-order valence-corrected chi connectivity index (χ2v) is 10.5. The molecule has 0 aliphatic carbocycles. The van der Waals surface area contributed by atoms with Crippen molar-refractivity contribution in [2.45, 2.75) is 57.4 Å². The summed E-state index contributed by atoms with van der Waals surface area (Å²) in [5.74, 6) is 0.367. The number of carbonyl (C=O) groups is 2. The molecule has 6 nitrogen and oxygen atoms in total. The minimum Gasteiger partial charge on any atom is -0.322 e. The van der Waals surface area contributed by atoms with Crippen LogP contribution in [0.5, 0.6) is 0 Å². The third-order valence-electron chi connectivity index (χ3n) is 5.47. The first-order valence-corrected chi connectivity index (χ1v) is 11.5. The molecule has 1 aliphatic rings. The number of aromatic nitrogens is 2. The molecule has 1 N–H and O–H groups in total. The lowest BCUT2D eigenvalue weighted by molar-refractivity contribution is -0.126.